The van der Waals surface area contributed by atoms with Gasteiger partial charge in [-0.15, -0.1) is 0 Å². The van der Waals surface area contributed by atoms with Crippen LogP contribution in [0.4, 0.5) is 0 Å². The molecule has 1 fully saturated rings. The Labute approximate surface area is 192 Å². The third-order valence-electron chi connectivity index (χ3n) is 5.62. The van der Waals surface area contributed by atoms with E-state index in [-0.39, 0.29) is 29.8 Å². The zero-order valence-electron chi connectivity index (χ0n) is 18.2. The summed E-state index contributed by atoms with van der Waals surface area (Å²) in [5, 5.41) is 7.12. The Morgan fingerprint density at radius 1 is 0.970 bits per heavy atom. The third-order valence-corrected chi connectivity index (χ3v) is 7.53. The maximum absolute atomic E-state index is 12.9. The number of para-hydroxylation sites is 1. The summed E-state index contributed by atoms with van der Waals surface area (Å²) in [7, 11) is -3.69. The molecule has 3 aromatic rings. The minimum Gasteiger partial charge on any atom is -0.348 e. The van der Waals surface area contributed by atoms with Crippen molar-refractivity contribution in [3.8, 4) is 5.69 Å². The van der Waals surface area contributed by atoms with Gasteiger partial charge in [-0.3, -0.25) is 9.59 Å². The lowest BCUT2D eigenvalue weighted by molar-refractivity contribution is -0.129. The lowest BCUT2D eigenvalue weighted by Gasteiger charge is -2.33. The summed E-state index contributed by atoms with van der Waals surface area (Å²) < 4.78 is 28.9. The van der Waals surface area contributed by atoms with Crippen LogP contribution in [0.3, 0.4) is 0 Å². The van der Waals surface area contributed by atoms with Gasteiger partial charge in [-0.05, 0) is 42.0 Å². The molecule has 0 spiro atoms. The lowest BCUT2D eigenvalue weighted by Crippen LogP contribution is -2.49. The summed E-state index contributed by atoms with van der Waals surface area (Å²) >= 11 is 0. The minimum atomic E-state index is -3.69. The van der Waals surface area contributed by atoms with E-state index in [4.69, 9.17) is 0 Å². The predicted octanol–water partition coefficient (Wildman–Crippen LogP) is 1.66. The van der Waals surface area contributed by atoms with Crippen molar-refractivity contribution in [1.29, 1.82) is 0 Å². The fraction of sp³-hybridized carbons (Fsp3) is 0.261. The van der Waals surface area contributed by atoms with Crippen molar-refractivity contribution < 1.29 is 18.0 Å². The van der Waals surface area contributed by atoms with Crippen molar-refractivity contribution in [2.24, 2.45) is 0 Å². The molecular weight excluding hydrogens is 442 g/mol. The average Bonchev–Trinajstić information content (AvgIpc) is 3.38. The predicted molar refractivity (Wildman–Crippen MR) is 122 cm³/mol. The molecule has 1 saturated heterocycles. The van der Waals surface area contributed by atoms with E-state index in [9.17, 15) is 18.0 Å². The van der Waals surface area contributed by atoms with Crippen LogP contribution in [0.1, 0.15) is 22.8 Å². The topological polar surface area (TPSA) is 105 Å². The first-order valence-electron chi connectivity index (χ1n) is 10.6. The normalized spacial score (nSPS) is 14.8. The number of hydrogen-bond donors (Lipinski definition) is 1. The van der Waals surface area contributed by atoms with Gasteiger partial charge < -0.3 is 10.2 Å². The highest BCUT2D eigenvalue weighted by atomic mass is 32.2. The summed E-state index contributed by atoms with van der Waals surface area (Å²) in [5.74, 6) is -0.362. The molecule has 2 aromatic carbocycles. The van der Waals surface area contributed by atoms with Crippen LogP contribution >= 0.6 is 0 Å². The highest BCUT2D eigenvalue weighted by Crippen LogP contribution is 2.19. The van der Waals surface area contributed by atoms with E-state index in [0.29, 0.717) is 25.2 Å². The Kier molecular flexibility index (Phi) is 6.57. The third kappa shape index (κ3) is 4.96. The van der Waals surface area contributed by atoms with Gasteiger partial charge in [-0.25, -0.2) is 13.1 Å². The van der Waals surface area contributed by atoms with E-state index in [0.717, 1.165) is 11.3 Å². The molecule has 10 heteroatoms. The largest absolute Gasteiger partial charge is 0.348 e. The molecule has 1 aliphatic heterocycles. The molecule has 0 bridgehead atoms. The second kappa shape index (κ2) is 9.55. The molecule has 1 aliphatic rings. The van der Waals surface area contributed by atoms with Gasteiger partial charge in [0.15, 0.2) is 0 Å². The fourth-order valence-corrected chi connectivity index (χ4v) is 5.17. The van der Waals surface area contributed by atoms with Crippen LogP contribution in [0.5, 0.6) is 0 Å². The average molecular weight is 468 g/mol. The van der Waals surface area contributed by atoms with Crippen LogP contribution in [0.25, 0.3) is 5.69 Å². The van der Waals surface area contributed by atoms with E-state index in [2.05, 4.69) is 10.4 Å². The second-order valence-electron chi connectivity index (χ2n) is 7.70. The van der Waals surface area contributed by atoms with Crippen LogP contribution in [-0.4, -0.2) is 65.4 Å². The van der Waals surface area contributed by atoms with E-state index in [1.54, 1.807) is 15.8 Å². The first-order chi connectivity index (χ1) is 15.9. The Hall–Kier alpha value is -3.50. The summed E-state index contributed by atoms with van der Waals surface area (Å²) in [6.45, 7) is 3.02. The molecule has 0 radical (unpaired) electrons. The van der Waals surface area contributed by atoms with Gasteiger partial charge in [0, 0.05) is 57.6 Å². The monoisotopic (exact) mass is 467 g/mol. The van der Waals surface area contributed by atoms with E-state index in [1.165, 1.54) is 35.5 Å². The van der Waals surface area contributed by atoms with Crippen LogP contribution in [0.2, 0.25) is 0 Å². The van der Waals surface area contributed by atoms with Gasteiger partial charge >= 0.3 is 0 Å². The van der Waals surface area contributed by atoms with E-state index < -0.39 is 10.0 Å². The van der Waals surface area contributed by atoms with Gasteiger partial charge in [0.25, 0.3) is 5.91 Å². The van der Waals surface area contributed by atoms with Crippen LogP contribution in [0.15, 0.2) is 71.9 Å². The maximum atomic E-state index is 12.9. The number of carbonyl (C=O) groups is 2. The Morgan fingerprint density at radius 3 is 2.30 bits per heavy atom. The SMILES string of the molecule is CC(=O)N1CCN(S(=O)(=O)c2ccc(C(=O)NCc3ccccc3-n3cccn3)cc2)CC1. The molecule has 33 heavy (non-hydrogen) atoms. The Bertz CT molecular complexity index is 1230. The zero-order chi connectivity index (χ0) is 23.4. The molecule has 0 saturated carbocycles. The molecular formula is C23H25N5O4S. The van der Waals surface area contributed by atoms with E-state index in [1.807, 2.05) is 36.5 Å². The van der Waals surface area contributed by atoms with Gasteiger partial charge in [0.2, 0.25) is 15.9 Å². The molecule has 2 heterocycles. The molecule has 0 atom stereocenters. The molecule has 1 aromatic heterocycles. The van der Waals surface area contributed by atoms with Crippen molar-refractivity contribution >= 4 is 21.8 Å². The van der Waals surface area contributed by atoms with Crippen molar-refractivity contribution in [2.45, 2.75) is 18.4 Å². The second-order valence-corrected chi connectivity index (χ2v) is 9.63. The van der Waals surface area contributed by atoms with Crippen LogP contribution in [0, 0.1) is 0 Å². The summed E-state index contributed by atoms with van der Waals surface area (Å²) in [6.07, 6.45) is 3.52. The number of aromatic nitrogens is 2. The number of sulfonamides is 1. The maximum Gasteiger partial charge on any atom is 0.251 e. The van der Waals surface area contributed by atoms with Gasteiger partial charge in [0.05, 0.1) is 10.6 Å². The minimum absolute atomic E-state index is 0.0605. The number of nitrogens with one attached hydrogen (secondary N) is 1. The van der Waals surface area contributed by atoms with E-state index >= 15 is 0 Å². The van der Waals surface area contributed by atoms with Crippen LogP contribution < -0.4 is 5.32 Å². The zero-order valence-corrected chi connectivity index (χ0v) is 19.0. The molecule has 0 unspecified atom stereocenters. The lowest BCUT2D eigenvalue weighted by atomic mass is 10.1. The highest BCUT2D eigenvalue weighted by molar-refractivity contribution is 7.89. The fourth-order valence-electron chi connectivity index (χ4n) is 3.74. The van der Waals surface area contributed by atoms with Gasteiger partial charge in [-0.2, -0.15) is 9.40 Å². The van der Waals surface area contributed by atoms with Gasteiger partial charge in [0.1, 0.15) is 0 Å². The molecule has 9 nitrogen and oxygen atoms in total. The number of hydrogen-bond acceptors (Lipinski definition) is 5. The Balaban J connectivity index is 1.41. The quantitative estimate of drug-likeness (QED) is 0.594. The number of carbonyl (C=O) groups excluding carboxylic acids is 2. The molecule has 0 aliphatic carbocycles. The summed E-state index contributed by atoms with van der Waals surface area (Å²) in [4.78, 5) is 25.9. The smallest absolute Gasteiger partial charge is 0.251 e. The van der Waals surface area contributed by atoms with Crippen LogP contribution in [-0.2, 0) is 21.4 Å². The summed E-state index contributed by atoms with van der Waals surface area (Å²) in [5.41, 5.74) is 2.14. The summed E-state index contributed by atoms with van der Waals surface area (Å²) in [6, 6.07) is 15.4. The Morgan fingerprint density at radius 2 is 1.67 bits per heavy atom. The number of benzene rings is 2. The van der Waals surface area contributed by atoms with Crippen molar-refractivity contribution in [1.82, 2.24) is 24.3 Å². The first kappa shape index (κ1) is 22.7. The standard InChI is InChI=1S/C23H25N5O4S/c1-18(29)26-13-15-27(16-14-26)33(31,32)21-9-7-19(8-10-21)23(30)24-17-20-5-2-3-6-22(20)28-12-4-11-25-28/h2-12H,13-17H2,1H3,(H,24,30). The highest BCUT2D eigenvalue weighted by Gasteiger charge is 2.29. The number of rotatable bonds is 6. The molecule has 4 rings (SSSR count). The number of amides is 2. The molecule has 1 N–H and O–H groups in total. The number of nitrogens with zero attached hydrogens (tertiary/aromatic N) is 4. The van der Waals surface area contributed by atoms with Crippen molar-refractivity contribution in [3.05, 3.63) is 78.1 Å². The van der Waals surface area contributed by atoms with Crippen molar-refractivity contribution in [3.63, 3.8) is 0 Å². The van der Waals surface area contributed by atoms with Crippen molar-refractivity contribution in [2.75, 3.05) is 26.2 Å². The first-order valence-corrected chi connectivity index (χ1v) is 12.0. The number of piperazine rings is 1. The van der Waals surface area contributed by atoms with Gasteiger partial charge in [-0.1, -0.05) is 18.2 Å². The molecule has 172 valence electrons. The molecule has 2 amide bonds.